The summed E-state index contributed by atoms with van der Waals surface area (Å²) in [7, 11) is 0. The number of rotatable bonds is 3. The largest absolute Gasteiger partial charge is 0.355 e. The second-order valence-electron chi connectivity index (χ2n) is 5.93. The second-order valence-corrected chi connectivity index (χ2v) is 5.93. The number of hydrogen-bond donors (Lipinski definition) is 2. The molecule has 0 aliphatic heterocycles. The Hall–Kier alpha value is -1.84. The highest BCUT2D eigenvalue weighted by molar-refractivity contribution is 5.81. The number of benzene rings is 1. The fourth-order valence-electron chi connectivity index (χ4n) is 1.93. The summed E-state index contributed by atoms with van der Waals surface area (Å²) in [5.41, 5.74) is 2.91. The van der Waals surface area contributed by atoms with Gasteiger partial charge in [-0.05, 0) is 31.0 Å². The normalized spacial score (nSPS) is 11.8. The zero-order chi connectivity index (χ0) is 14.0. The van der Waals surface area contributed by atoms with Gasteiger partial charge in [0.05, 0.1) is 11.0 Å². The molecule has 4 heteroatoms. The Kier molecular flexibility index (Phi) is 3.60. The number of nitrogens with one attached hydrogen (secondary N) is 2. The summed E-state index contributed by atoms with van der Waals surface area (Å²) in [5, 5.41) is 2.96. The summed E-state index contributed by atoms with van der Waals surface area (Å²) in [4.78, 5) is 19.3. The average molecular weight is 259 g/mol. The van der Waals surface area contributed by atoms with Crippen LogP contribution in [0.1, 0.15) is 32.2 Å². The molecule has 0 aliphatic rings. The number of hydrogen-bond acceptors (Lipinski definition) is 2. The molecule has 2 rings (SSSR count). The van der Waals surface area contributed by atoms with Crippen molar-refractivity contribution in [1.29, 1.82) is 0 Å². The third-order valence-corrected chi connectivity index (χ3v) is 3.05. The maximum Gasteiger partial charge on any atom is 0.225 e. The first-order valence-corrected chi connectivity index (χ1v) is 6.60. The van der Waals surface area contributed by atoms with Gasteiger partial charge in [-0.15, -0.1) is 0 Å². The molecule has 1 aromatic heterocycles. The Balaban J connectivity index is 1.96. The smallest absolute Gasteiger partial charge is 0.225 e. The van der Waals surface area contributed by atoms with Crippen molar-refractivity contribution in [1.82, 2.24) is 15.3 Å². The van der Waals surface area contributed by atoms with E-state index in [9.17, 15) is 4.79 Å². The minimum Gasteiger partial charge on any atom is -0.355 e. The van der Waals surface area contributed by atoms with Crippen LogP contribution in [-0.4, -0.2) is 22.4 Å². The van der Waals surface area contributed by atoms with Gasteiger partial charge in [0.1, 0.15) is 5.82 Å². The van der Waals surface area contributed by atoms with E-state index >= 15 is 0 Å². The van der Waals surface area contributed by atoms with Crippen LogP contribution < -0.4 is 5.32 Å². The zero-order valence-electron chi connectivity index (χ0n) is 12.0. The van der Waals surface area contributed by atoms with Gasteiger partial charge < -0.3 is 10.3 Å². The summed E-state index contributed by atoms with van der Waals surface area (Å²) in [5.74, 6) is 1.01. The number of aryl methyl sites for hydroxylation is 1. The lowest BCUT2D eigenvalue weighted by Crippen LogP contribution is -2.35. The lowest BCUT2D eigenvalue weighted by molar-refractivity contribution is -0.128. The molecule has 0 spiro atoms. The van der Waals surface area contributed by atoms with Gasteiger partial charge in [0.2, 0.25) is 5.91 Å². The number of carbonyl (C=O) groups is 1. The van der Waals surface area contributed by atoms with Crippen molar-refractivity contribution in [2.75, 3.05) is 6.54 Å². The molecule has 19 heavy (non-hydrogen) atoms. The van der Waals surface area contributed by atoms with Crippen LogP contribution >= 0.6 is 0 Å². The predicted octanol–water partition coefficient (Wildman–Crippen LogP) is 2.58. The molecule has 102 valence electrons. The van der Waals surface area contributed by atoms with Gasteiger partial charge in [-0.3, -0.25) is 4.79 Å². The summed E-state index contributed by atoms with van der Waals surface area (Å²) < 4.78 is 0. The van der Waals surface area contributed by atoms with E-state index in [0.717, 1.165) is 23.3 Å². The molecular weight excluding hydrogens is 238 g/mol. The fraction of sp³-hybridized carbons (Fsp3) is 0.467. The molecule has 2 aromatic rings. The van der Waals surface area contributed by atoms with E-state index in [0.29, 0.717) is 6.54 Å². The summed E-state index contributed by atoms with van der Waals surface area (Å²) in [6.07, 6.45) is 0.829. The Labute approximate surface area is 113 Å². The first kappa shape index (κ1) is 13.6. The van der Waals surface area contributed by atoms with Crippen LogP contribution in [0.4, 0.5) is 0 Å². The highest BCUT2D eigenvalue weighted by atomic mass is 16.2. The highest BCUT2D eigenvalue weighted by Gasteiger charge is 2.20. The predicted molar refractivity (Wildman–Crippen MR) is 77.0 cm³/mol. The van der Waals surface area contributed by atoms with Crippen LogP contribution in [-0.2, 0) is 11.2 Å². The number of carbonyl (C=O) groups excluding carboxylic acids is 1. The highest BCUT2D eigenvalue weighted by Crippen LogP contribution is 2.14. The second kappa shape index (κ2) is 5.03. The standard InChI is InChI=1S/C15H21N3O/c1-10-17-12-6-5-11(9-13(12)18-10)7-8-16-14(19)15(2,3)4/h5-6,9H,7-8H2,1-4H3,(H,16,19)(H,17,18). The topological polar surface area (TPSA) is 57.8 Å². The molecule has 4 nitrogen and oxygen atoms in total. The van der Waals surface area contributed by atoms with Crippen LogP contribution in [0.3, 0.4) is 0 Å². The van der Waals surface area contributed by atoms with Crippen LogP contribution in [0.15, 0.2) is 18.2 Å². The van der Waals surface area contributed by atoms with Crippen molar-refractivity contribution in [2.24, 2.45) is 5.41 Å². The zero-order valence-corrected chi connectivity index (χ0v) is 12.0. The van der Waals surface area contributed by atoms with Gasteiger partial charge in [0.25, 0.3) is 0 Å². The number of aromatic nitrogens is 2. The monoisotopic (exact) mass is 259 g/mol. The van der Waals surface area contributed by atoms with Crippen molar-refractivity contribution in [2.45, 2.75) is 34.1 Å². The number of nitrogens with zero attached hydrogens (tertiary/aromatic N) is 1. The third-order valence-electron chi connectivity index (χ3n) is 3.05. The Bertz CT molecular complexity index is 593. The van der Waals surface area contributed by atoms with Gasteiger partial charge in [-0.25, -0.2) is 4.98 Å². The minimum atomic E-state index is -0.329. The molecule has 0 unspecified atom stereocenters. The van der Waals surface area contributed by atoms with Gasteiger partial charge in [-0.1, -0.05) is 26.8 Å². The fourth-order valence-corrected chi connectivity index (χ4v) is 1.93. The SMILES string of the molecule is Cc1nc2ccc(CCNC(=O)C(C)(C)C)cc2[nH]1. The summed E-state index contributed by atoms with van der Waals surface area (Å²) in [6, 6.07) is 6.17. The number of fused-ring (bicyclic) bond motifs is 1. The summed E-state index contributed by atoms with van der Waals surface area (Å²) >= 11 is 0. The van der Waals surface area contributed by atoms with Crippen molar-refractivity contribution < 1.29 is 4.79 Å². The van der Waals surface area contributed by atoms with Crippen molar-refractivity contribution in [3.8, 4) is 0 Å². The van der Waals surface area contributed by atoms with E-state index in [2.05, 4.69) is 27.4 Å². The molecule has 1 amide bonds. The van der Waals surface area contributed by atoms with Crippen LogP contribution in [0.5, 0.6) is 0 Å². The number of aromatic amines is 1. The van der Waals surface area contributed by atoms with Crippen molar-refractivity contribution in [3.63, 3.8) is 0 Å². The first-order valence-electron chi connectivity index (χ1n) is 6.60. The molecule has 0 saturated heterocycles. The van der Waals surface area contributed by atoms with Crippen LogP contribution in [0.2, 0.25) is 0 Å². The Morgan fingerprint density at radius 1 is 1.37 bits per heavy atom. The van der Waals surface area contributed by atoms with Crippen LogP contribution in [0, 0.1) is 12.3 Å². The molecule has 2 N–H and O–H groups in total. The minimum absolute atomic E-state index is 0.0889. The molecule has 0 fully saturated rings. The number of H-pyrrole nitrogens is 1. The van der Waals surface area contributed by atoms with E-state index in [-0.39, 0.29) is 11.3 Å². The molecule has 0 bridgehead atoms. The van der Waals surface area contributed by atoms with E-state index in [1.54, 1.807) is 0 Å². The quantitative estimate of drug-likeness (QED) is 0.890. The Morgan fingerprint density at radius 2 is 2.11 bits per heavy atom. The first-order chi connectivity index (χ1) is 8.86. The lowest BCUT2D eigenvalue weighted by Gasteiger charge is -2.17. The third kappa shape index (κ3) is 3.34. The maximum absolute atomic E-state index is 11.7. The van der Waals surface area contributed by atoms with Crippen LogP contribution in [0.25, 0.3) is 11.0 Å². The van der Waals surface area contributed by atoms with E-state index in [1.165, 1.54) is 5.56 Å². The molecule has 0 aliphatic carbocycles. The molecule has 0 saturated carbocycles. The van der Waals surface area contributed by atoms with E-state index < -0.39 is 0 Å². The lowest BCUT2D eigenvalue weighted by atomic mass is 9.95. The maximum atomic E-state index is 11.7. The molecule has 1 heterocycles. The number of amides is 1. The Morgan fingerprint density at radius 3 is 2.79 bits per heavy atom. The number of imidazole rings is 1. The molecular formula is C15H21N3O. The average Bonchev–Trinajstić information content (AvgIpc) is 2.67. The van der Waals surface area contributed by atoms with Crippen molar-refractivity contribution in [3.05, 3.63) is 29.6 Å². The summed E-state index contributed by atoms with van der Waals surface area (Å²) in [6.45, 7) is 8.36. The molecule has 0 radical (unpaired) electrons. The van der Waals surface area contributed by atoms with E-state index in [4.69, 9.17) is 0 Å². The van der Waals surface area contributed by atoms with E-state index in [1.807, 2.05) is 33.8 Å². The molecule has 1 aromatic carbocycles. The molecule has 0 atom stereocenters. The van der Waals surface area contributed by atoms with Gasteiger partial charge in [-0.2, -0.15) is 0 Å². The van der Waals surface area contributed by atoms with Gasteiger partial charge >= 0.3 is 0 Å². The van der Waals surface area contributed by atoms with Crippen molar-refractivity contribution >= 4 is 16.9 Å². The van der Waals surface area contributed by atoms with Gasteiger partial charge in [0.15, 0.2) is 0 Å². The van der Waals surface area contributed by atoms with Gasteiger partial charge in [0, 0.05) is 12.0 Å².